The Labute approximate surface area is 147 Å². The van der Waals surface area contributed by atoms with Crippen molar-refractivity contribution in [3.8, 4) is 0 Å². The van der Waals surface area contributed by atoms with Crippen LogP contribution in [0.2, 0.25) is 0 Å². The summed E-state index contributed by atoms with van der Waals surface area (Å²) in [5.41, 5.74) is 0.269. The lowest BCUT2D eigenvalue weighted by Gasteiger charge is -2.34. The number of nitrogens with one attached hydrogen (secondary N) is 1. The maximum Gasteiger partial charge on any atom is 0.341 e. The molecular weight excluding hydrogens is 350 g/mol. The average molecular weight is 374 g/mol. The zero-order chi connectivity index (χ0) is 17.9. The van der Waals surface area contributed by atoms with Crippen LogP contribution in [0.1, 0.15) is 19.3 Å². The highest BCUT2D eigenvalue weighted by Crippen LogP contribution is 2.28. The minimum atomic E-state index is -4.60. The third-order valence-corrected chi connectivity index (χ3v) is 6.35. The Morgan fingerprint density at radius 1 is 1.20 bits per heavy atom. The van der Waals surface area contributed by atoms with Crippen LogP contribution in [0.5, 0.6) is 0 Å². The molecule has 1 aromatic rings. The van der Waals surface area contributed by atoms with E-state index in [-0.39, 0.29) is 16.6 Å². The predicted molar refractivity (Wildman–Crippen MR) is 91.6 cm³/mol. The van der Waals surface area contributed by atoms with Gasteiger partial charge in [-0.05, 0) is 37.3 Å². The number of rotatable bonds is 6. The van der Waals surface area contributed by atoms with Crippen molar-refractivity contribution in [1.29, 1.82) is 0 Å². The van der Waals surface area contributed by atoms with Gasteiger partial charge in [-0.25, -0.2) is 8.42 Å². The Morgan fingerprint density at radius 2 is 1.92 bits per heavy atom. The molecule has 140 valence electrons. The first-order valence-electron chi connectivity index (χ1n) is 8.64. The fourth-order valence-corrected chi connectivity index (χ4v) is 4.40. The van der Waals surface area contributed by atoms with Crippen molar-refractivity contribution in [2.45, 2.75) is 36.0 Å². The van der Waals surface area contributed by atoms with Gasteiger partial charge in [-0.3, -0.25) is 0 Å². The van der Waals surface area contributed by atoms with Crippen LogP contribution in [-0.2, 0) is 14.6 Å². The van der Waals surface area contributed by atoms with Crippen LogP contribution < -0.4 is 5.32 Å². The van der Waals surface area contributed by atoms with E-state index in [9.17, 15) is 17.2 Å². The molecule has 2 saturated heterocycles. The van der Waals surface area contributed by atoms with Crippen LogP contribution >= 0.6 is 0 Å². The number of nitrogens with zero attached hydrogens (tertiary/aromatic N) is 1. The third kappa shape index (κ3) is 4.48. The van der Waals surface area contributed by atoms with Gasteiger partial charge in [-0.1, -0.05) is 12.1 Å². The topological polar surface area (TPSA) is 58.6 Å². The number of para-hydroxylation sites is 1. The molecule has 25 heavy (non-hydrogen) atoms. The molecular formula is C17H24F2N2O3S. The van der Waals surface area contributed by atoms with Crippen LogP contribution in [0.15, 0.2) is 29.2 Å². The third-order valence-electron chi connectivity index (χ3n) is 4.92. The summed E-state index contributed by atoms with van der Waals surface area (Å²) in [6.07, 6.45) is 2.82. The molecule has 1 unspecified atom stereocenters. The number of anilines is 1. The molecule has 0 amide bonds. The molecule has 0 spiro atoms. The van der Waals surface area contributed by atoms with Crippen LogP contribution in [0.3, 0.4) is 0 Å². The van der Waals surface area contributed by atoms with Gasteiger partial charge in [0, 0.05) is 32.3 Å². The Hall–Kier alpha value is -1.25. The summed E-state index contributed by atoms with van der Waals surface area (Å²) in [5.74, 6) is -2.81. The summed E-state index contributed by atoms with van der Waals surface area (Å²) in [4.78, 5) is 2.08. The van der Waals surface area contributed by atoms with Gasteiger partial charge in [-0.15, -0.1) is 0 Å². The van der Waals surface area contributed by atoms with Gasteiger partial charge in [0.2, 0.25) is 9.84 Å². The SMILES string of the molecule is O=S(=O)(c1ccccc1NC1CCN(CC2CCOC2)CC1)C(F)F. The van der Waals surface area contributed by atoms with Gasteiger partial charge in [-0.2, -0.15) is 8.78 Å². The largest absolute Gasteiger partial charge is 0.381 e. The number of benzene rings is 1. The number of likely N-dealkylation sites (tertiary alicyclic amines) is 1. The molecule has 1 atom stereocenters. The molecule has 2 fully saturated rings. The molecule has 3 rings (SSSR count). The van der Waals surface area contributed by atoms with Crippen LogP contribution in [0.4, 0.5) is 14.5 Å². The van der Waals surface area contributed by atoms with Gasteiger partial charge < -0.3 is 15.0 Å². The summed E-state index contributed by atoms with van der Waals surface area (Å²) in [5, 5.41) is 3.16. The quantitative estimate of drug-likeness (QED) is 0.829. The number of halogens is 2. The second kappa shape index (κ2) is 7.97. The van der Waals surface area contributed by atoms with E-state index in [0.717, 1.165) is 52.1 Å². The summed E-state index contributed by atoms with van der Waals surface area (Å²) in [6.45, 7) is 4.54. The molecule has 2 heterocycles. The van der Waals surface area contributed by atoms with Crippen molar-refractivity contribution in [3.63, 3.8) is 0 Å². The lowest BCUT2D eigenvalue weighted by atomic mass is 10.0. The van der Waals surface area contributed by atoms with Gasteiger partial charge >= 0.3 is 5.76 Å². The van der Waals surface area contributed by atoms with Gasteiger partial charge in [0.25, 0.3) is 0 Å². The maximum atomic E-state index is 12.9. The summed E-state index contributed by atoms with van der Waals surface area (Å²) < 4.78 is 54.8. The highest BCUT2D eigenvalue weighted by Gasteiger charge is 2.30. The fourth-order valence-electron chi connectivity index (χ4n) is 3.50. The monoisotopic (exact) mass is 374 g/mol. The first-order chi connectivity index (χ1) is 12.0. The summed E-state index contributed by atoms with van der Waals surface area (Å²) in [6, 6.07) is 6.00. The van der Waals surface area contributed by atoms with E-state index >= 15 is 0 Å². The van der Waals surface area contributed by atoms with Crippen molar-refractivity contribution < 1.29 is 21.9 Å². The lowest BCUT2D eigenvalue weighted by Crippen LogP contribution is -2.41. The van der Waals surface area contributed by atoms with Crippen LogP contribution in [-0.4, -0.2) is 58.0 Å². The first kappa shape index (κ1) is 18.5. The molecule has 0 saturated carbocycles. The molecule has 2 aliphatic heterocycles. The van der Waals surface area contributed by atoms with Crippen LogP contribution in [0.25, 0.3) is 0 Å². The molecule has 1 N–H and O–H groups in total. The maximum absolute atomic E-state index is 12.9. The number of sulfone groups is 1. The second-order valence-electron chi connectivity index (χ2n) is 6.75. The second-order valence-corrected chi connectivity index (χ2v) is 8.64. The number of ether oxygens (including phenoxy) is 1. The standard InChI is InChI=1S/C17H24F2N2O3S/c18-17(19)25(22,23)16-4-2-1-3-15(16)20-14-5-8-21(9-6-14)11-13-7-10-24-12-13/h1-4,13-14,17,20H,5-12H2. The molecule has 1 aromatic carbocycles. The van der Waals surface area contributed by atoms with Gasteiger partial charge in [0.1, 0.15) is 0 Å². The number of hydrogen-bond donors (Lipinski definition) is 1. The number of piperidine rings is 1. The van der Waals surface area contributed by atoms with E-state index in [1.165, 1.54) is 12.1 Å². The molecule has 0 aromatic heterocycles. The Kier molecular flexibility index (Phi) is 5.91. The van der Waals surface area contributed by atoms with E-state index < -0.39 is 15.6 Å². The zero-order valence-electron chi connectivity index (χ0n) is 14.0. The van der Waals surface area contributed by atoms with E-state index in [2.05, 4.69) is 10.2 Å². The molecule has 0 radical (unpaired) electrons. The van der Waals surface area contributed by atoms with E-state index in [4.69, 9.17) is 4.74 Å². The van der Waals surface area contributed by atoms with Gasteiger partial charge in [0.05, 0.1) is 17.2 Å². The van der Waals surface area contributed by atoms with E-state index in [0.29, 0.717) is 5.92 Å². The van der Waals surface area contributed by atoms with Gasteiger partial charge in [0.15, 0.2) is 0 Å². The first-order valence-corrected chi connectivity index (χ1v) is 10.2. The average Bonchev–Trinajstić information content (AvgIpc) is 3.10. The highest BCUT2D eigenvalue weighted by molar-refractivity contribution is 7.91. The van der Waals surface area contributed by atoms with E-state index in [1.54, 1.807) is 12.1 Å². The molecule has 8 heteroatoms. The summed E-state index contributed by atoms with van der Waals surface area (Å²) in [7, 11) is -4.60. The summed E-state index contributed by atoms with van der Waals surface area (Å²) >= 11 is 0. The smallest absolute Gasteiger partial charge is 0.341 e. The Morgan fingerprint density at radius 3 is 2.56 bits per heavy atom. The minimum Gasteiger partial charge on any atom is -0.381 e. The molecule has 2 aliphatic rings. The van der Waals surface area contributed by atoms with Crippen molar-refractivity contribution in [2.24, 2.45) is 5.92 Å². The van der Waals surface area contributed by atoms with Crippen molar-refractivity contribution in [3.05, 3.63) is 24.3 Å². The lowest BCUT2D eigenvalue weighted by molar-refractivity contribution is 0.154. The molecule has 0 bridgehead atoms. The van der Waals surface area contributed by atoms with E-state index in [1.807, 2.05) is 0 Å². The zero-order valence-corrected chi connectivity index (χ0v) is 14.9. The van der Waals surface area contributed by atoms with Crippen molar-refractivity contribution in [1.82, 2.24) is 4.90 Å². The normalized spacial score (nSPS) is 23.2. The predicted octanol–water partition coefficient (Wildman–Crippen LogP) is 2.60. The van der Waals surface area contributed by atoms with Crippen molar-refractivity contribution >= 4 is 15.5 Å². The molecule has 5 nitrogen and oxygen atoms in total. The highest BCUT2D eigenvalue weighted by atomic mass is 32.2. The van der Waals surface area contributed by atoms with Crippen molar-refractivity contribution in [2.75, 3.05) is 38.2 Å². The fraction of sp³-hybridized carbons (Fsp3) is 0.647. The molecule has 0 aliphatic carbocycles. The Bertz CT molecular complexity index is 670. The van der Waals surface area contributed by atoms with Crippen LogP contribution in [0, 0.1) is 5.92 Å². The number of alkyl halides is 2. The minimum absolute atomic E-state index is 0.0881. The number of hydrogen-bond acceptors (Lipinski definition) is 5. The Balaban J connectivity index is 1.59.